The van der Waals surface area contributed by atoms with Crippen molar-refractivity contribution in [3.63, 3.8) is 0 Å². The number of alkyl halides is 5. The summed E-state index contributed by atoms with van der Waals surface area (Å²) < 4.78 is 64.9. The maximum absolute atomic E-state index is 13.0. The second kappa shape index (κ2) is 5.46. The standard InChI is InChI=1S/C16H17F5N2/c1-8(2)10-6-11(10)9-3-4-12-13(5-9)23(7-16(19,20)21)15(22-12)14(17)18/h3-5,8,10-11,14H,6-7H2,1-2H3/t10-,11-/m1/s1. The molecule has 1 aromatic heterocycles. The molecule has 2 atom stereocenters. The van der Waals surface area contributed by atoms with Crippen LogP contribution in [0.25, 0.3) is 11.0 Å². The molecule has 1 heterocycles. The minimum Gasteiger partial charge on any atom is -0.314 e. The molecule has 0 unspecified atom stereocenters. The van der Waals surface area contributed by atoms with Crippen molar-refractivity contribution in [1.29, 1.82) is 0 Å². The second-order valence-electron chi connectivity index (χ2n) is 6.47. The molecule has 1 saturated carbocycles. The first-order valence-electron chi connectivity index (χ1n) is 7.52. The average Bonchev–Trinajstić information content (AvgIpc) is 3.15. The van der Waals surface area contributed by atoms with Gasteiger partial charge < -0.3 is 4.57 Å². The molecule has 0 N–H and O–H groups in total. The second-order valence-corrected chi connectivity index (χ2v) is 6.47. The van der Waals surface area contributed by atoms with E-state index in [1.54, 1.807) is 18.2 Å². The molecular formula is C16H17F5N2. The van der Waals surface area contributed by atoms with Crippen LogP contribution in [0.3, 0.4) is 0 Å². The van der Waals surface area contributed by atoms with Crippen molar-refractivity contribution in [1.82, 2.24) is 9.55 Å². The van der Waals surface area contributed by atoms with Crippen molar-refractivity contribution in [3.8, 4) is 0 Å². The predicted molar refractivity (Wildman–Crippen MR) is 76.4 cm³/mol. The van der Waals surface area contributed by atoms with Crippen LogP contribution in [0.15, 0.2) is 18.2 Å². The van der Waals surface area contributed by atoms with Crippen LogP contribution in [0.1, 0.15) is 44.0 Å². The Balaban J connectivity index is 2.04. The van der Waals surface area contributed by atoms with E-state index in [-0.39, 0.29) is 11.0 Å². The zero-order valence-electron chi connectivity index (χ0n) is 12.7. The molecule has 0 radical (unpaired) electrons. The summed E-state index contributed by atoms with van der Waals surface area (Å²) in [5.41, 5.74) is 1.21. The molecule has 2 nitrogen and oxygen atoms in total. The van der Waals surface area contributed by atoms with E-state index in [0.29, 0.717) is 22.3 Å². The first kappa shape index (κ1) is 16.2. The maximum Gasteiger partial charge on any atom is 0.406 e. The number of nitrogens with zero attached hydrogens (tertiary/aromatic N) is 2. The topological polar surface area (TPSA) is 17.8 Å². The molecule has 0 spiro atoms. The fourth-order valence-corrected chi connectivity index (χ4v) is 3.24. The Kier molecular flexibility index (Phi) is 3.84. The molecule has 1 aliphatic carbocycles. The fourth-order valence-electron chi connectivity index (χ4n) is 3.24. The summed E-state index contributed by atoms with van der Waals surface area (Å²) in [6, 6.07) is 4.92. The van der Waals surface area contributed by atoms with Gasteiger partial charge in [0.15, 0.2) is 5.82 Å². The molecule has 23 heavy (non-hydrogen) atoms. The first-order valence-corrected chi connectivity index (χ1v) is 7.52. The zero-order valence-corrected chi connectivity index (χ0v) is 12.7. The normalized spacial score (nSPS) is 21.6. The van der Waals surface area contributed by atoms with Crippen LogP contribution in [0.4, 0.5) is 22.0 Å². The minimum absolute atomic E-state index is 0.129. The van der Waals surface area contributed by atoms with Crippen molar-refractivity contribution in [2.45, 2.75) is 45.3 Å². The third-order valence-corrected chi connectivity index (χ3v) is 4.46. The minimum atomic E-state index is -4.58. The highest BCUT2D eigenvalue weighted by atomic mass is 19.4. The third kappa shape index (κ3) is 3.19. The van der Waals surface area contributed by atoms with Gasteiger partial charge in [0, 0.05) is 0 Å². The van der Waals surface area contributed by atoms with E-state index in [1.165, 1.54) is 0 Å². The largest absolute Gasteiger partial charge is 0.406 e. The third-order valence-electron chi connectivity index (χ3n) is 4.46. The molecule has 7 heteroatoms. The van der Waals surface area contributed by atoms with Crippen LogP contribution in [0, 0.1) is 11.8 Å². The molecule has 1 fully saturated rings. The number of fused-ring (bicyclic) bond motifs is 1. The predicted octanol–water partition coefficient (Wildman–Crippen LogP) is 5.30. The summed E-state index contributed by atoms with van der Waals surface area (Å²) in [6.07, 6.45) is -6.64. The molecule has 1 aromatic carbocycles. The quantitative estimate of drug-likeness (QED) is 0.695. The number of aromatic nitrogens is 2. The van der Waals surface area contributed by atoms with Crippen LogP contribution in [0.5, 0.6) is 0 Å². The molecule has 0 amide bonds. The summed E-state index contributed by atoms with van der Waals surface area (Å²) in [5.74, 6) is 0.461. The molecule has 1 aliphatic rings. The van der Waals surface area contributed by atoms with Gasteiger partial charge in [0.1, 0.15) is 6.54 Å². The Labute approximate surface area is 130 Å². The van der Waals surface area contributed by atoms with Gasteiger partial charge in [-0.1, -0.05) is 19.9 Å². The summed E-state index contributed by atoms with van der Waals surface area (Å²) >= 11 is 0. The highest BCUT2D eigenvalue weighted by Crippen LogP contribution is 2.52. The van der Waals surface area contributed by atoms with Crippen molar-refractivity contribution in [2.75, 3.05) is 0 Å². The van der Waals surface area contributed by atoms with Crippen molar-refractivity contribution < 1.29 is 22.0 Å². The van der Waals surface area contributed by atoms with Gasteiger partial charge in [-0.15, -0.1) is 0 Å². The van der Waals surface area contributed by atoms with Crippen molar-refractivity contribution in [3.05, 3.63) is 29.6 Å². The van der Waals surface area contributed by atoms with Gasteiger partial charge in [-0.2, -0.15) is 13.2 Å². The van der Waals surface area contributed by atoms with Gasteiger partial charge in [0.05, 0.1) is 11.0 Å². The highest BCUT2D eigenvalue weighted by Gasteiger charge is 2.40. The van der Waals surface area contributed by atoms with E-state index < -0.39 is 25.0 Å². The van der Waals surface area contributed by atoms with Crippen LogP contribution >= 0.6 is 0 Å². The van der Waals surface area contributed by atoms with Gasteiger partial charge in [-0.05, 0) is 41.9 Å². The lowest BCUT2D eigenvalue weighted by Crippen LogP contribution is -2.19. The molecular weight excluding hydrogens is 315 g/mol. The average molecular weight is 332 g/mol. The summed E-state index contributed by atoms with van der Waals surface area (Å²) in [7, 11) is 0. The van der Waals surface area contributed by atoms with E-state index in [2.05, 4.69) is 18.8 Å². The lowest BCUT2D eigenvalue weighted by atomic mass is 10.0. The van der Waals surface area contributed by atoms with E-state index in [1.807, 2.05) is 0 Å². The van der Waals surface area contributed by atoms with Crippen LogP contribution in [-0.4, -0.2) is 15.7 Å². The molecule has 3 rings (SSSR count). The summed E-state index contributed by atoms with van der Waals surface area (Å²) in [4.78, 5) is 3.68. The number of hydrogen-bond donors (Lipinski definition) is 0. The van der Waals surface area contributed by atoms with Gasteiger partial charge in [-0.3, -0.25) is 0 Å². The first-order chi connectivity index (χ1) is 10.7. The van der Waals surface area contributed by atoms with Crippen LogP contribution in [-0.2, 0) is 6.54 Å². The lowest BCUT2D eigenvalue weighted by molar-refractivity contribution is -0.141. The highest BCUT2D eigenvalue weighted by molar-refractivity contribution is 5.77. The van der Waals surface area contributed by atoms with Crippen LogP contribution in [0.2, 0.25) is 0 Å². The number of imidazole rings is 1. The molecule has 126 valence electrons. The zero-order chi connectivity index (χ0) is 16.9. The van der Waals surface area contributed by atoms with Crippen molar-refractivity contribution >= 4 is 11.0 Å². The fraction of sp³-hybridized carbons (Fsp3) is 0.562. The molecule has 0 saturated heterocycles. The Morgan fingerprint density at radius 3 is 2.48 bits per heavy atom. The summed E-state index contributed by atoms with van der Waals surface area (Å²) in [6.45, 7) is 2.75. The Morgan fingerprint density at radius 1 is 1.26 bits per heavy atom. The smallest absolute Gasteiger partial charge is 0.314 e. The van der Waals surface area contributed by atoms with E-state index in [0.717, 1.165) is 12.0 Å². The van der Waals surface area contributed by atoms with Gasteiger partial charge in [-0.25, -0.2) is 13.8 Å². The van der Waals surface area contributed by atoms with Gasteiger partial charge in [0.2, 0.25) is 0 Å². The molecule has 2 aromatic rings. The number of rotatable bonds is 4. The monoisotopic (exact) mass is 332 g/mol. The molecule has 0 aliphatic heterocycles. The number of hydrogen-bond acceptors (Lipinski definition) is 1. The summed E-state index contributed by atoms with van der Waals surface area (Å²) in [5, 5.41) is 0. The Morgan fingerprint density at radius 2 is 1.96 bits per heavy atom. The van der Waals surface area contributed by atoms with Gasteiger partial charge >= 0.3 is 6.18 Å². The maximum atomic E-state index is 13.0. The Bertz CT molecular complexity index is 717. The van der Waals surface area contributed by atoms with Crippen LogP contribution < -0.4 is 0 Å². The van der Waals surface area contributed by atoms with Crippen molar-refractivity contribution in [2.24, 2.45) is 11.8 Å². The van der Waals surface area contributed by atoms with E-state index >= 15 is 0 Å². The Hall–Kier alpha value is -1.66. The van der Waals surface area contributed by atoms with Gasteiger partial charge in [0.25, 0.3) is 6.43 Å². The number of benzene rings is 1. The molecule has 0 bridgehead atoms. The number of halogens is 5. The SMILES string of the molecule is CC(C)[C@H]1C[C@@H]1c1ccc2nc(C(F)F)n(CC(F)(F)F)c2c1. The van der Waals surface area contributed by atoms with E-state index in [4.69, 9.17) is 0 Å². The van der Waals surface area contributed by atoms with E-state index in [9.17, 15) is 22.0 Å². The lowest BCUT2D eigenvalue weighted by Gasteiger charge is -2.12.